The van der Waals surface area contributed by atoms with Gasteiger partial charge in [-0.25, -0.2) is 4.98 Å². The first-order valence-electron chi connectivity index (χ1n) is 8.42. The van der Waals surface area contributed by atoms with Gasteiger partial charge in [-0.2, -0.15) is 0 Å². The van der Waals surface area contributed by atoms with E-state index >= 15 is 0 Å². The number of aromatic nitrogens is 1. The smallest absolute Gasteiger partial charge is 0.153 e. The number of hydrogen-bond acceptors (Lipinski definition) is 4. The molecule has 0 atom stereocenters. The highest BCUT2D eigenvalue weighted by molar-refractivity contribution is 6.31. The molecule has 134 valence electrons. The van der Waals surface area contributed by atoms with E-state index in [1.54, 1.807) is 18.2 Å². The molecule has 2 heterocycles. The van der Waals surface area contributed by atoms with Crippen LogP contribution >= 0.6 is 11.6 Å². The fourth-order valence-electron chi connectivity index (χ4n) is 3.01. The second-order valence-corrected chi connectivity index (χ2v) is 6.90. The topological polar surface area (TPSA) is 66.2 Å². The predicted molar refractivity (Wildman–Crippen MR) is 104 cm³/mol. The summed E-state index contributed by atoms with van der Waals surface area (Å²) in [6.07, 6.45) is 0. The number of aryl methyl sites for hydroxylation is 2. The van der Waals surface area contributed by atoms with E-state index in [0.717, 1.165) is 16.7 Å². The maximum Gasteiger partial charge on any atom is 0.153 e. The van der Waals surface area contributed by atoms with Crippen LogP contribution in [0.5, 0.6) is 0 Å². The quantitative estimate of drug-likeness (QED) is 0.515. The number of rotatable bonds is 3. The van der Waals surface area contributed by atoms with Crippen LogP contribution in [0, 0.1) is 13.8 Å². The first-order valence-corrected chi connectivity index (χ1v) is 8.79. The molecule has 0 N–H and O–H groups in total. The molecule has 2 aromatic heterocycles. The number of carbonyl (C=O) groups excluding carboxylic acids is 1. The van der Waals surface area contributed by atoms with Crippen LogP contribution in [0.3, 0.4) is 0 Å². The van der Waals surface area contributed by atoms with Gasteiger partial charge in [-0.05, 0) is 55.8 Å². The Balaban J connectivity index is 1.83. The average molecular weight is 377 g/mol. The summed E-state index contributed by atoms with van der Waals surface area (Å²) in [6, 6.07) is 16.2. The molecule has 2 aromatic carbocycles. The first-order chi connectivity index (χ1) is 12.9. The second kappa shape index (κ2) is 6.56. The number of pyridine rings is 1. The van der Waals surface area contributed by atoms with E-state index in [-0.39, 0.29) is 5.56 Å². The monoisotopic (exact) mass is 376 g/mol. The van der Waals surface area contributed by atoms with E-state index < -0.39 is 5.97 Å². The van der Waals surface area contributed by atoms with Crippen molar-refractivity contribution in [3.8, 4) is 22.8 Å². The molecule has 27 heavy (non-hydrogen) atoms. The van der Waals surface area contributed by atoms with Crippen LogP contribution in [-0.4, -0.2) is 11.0 Å². The second-order valence-electron chi connectivity index (χ2n) is 6.49. The Bertz CT molecular complexity index is 1190. The van der Waals surface area contributed by atoms with E-state index in [0.29, 0.717) is 33.1 Å². The molecule has 0 unspecified atom stereocenters. The number of furan rings is 1. The number of carboxylic acid groups (broad SMARTS) is 1. The number of fused-ring (bicyclic) bond motifs is 1. The lowest BCUT2D eigenvalue weighted by molar-refractivity contribution is -0.254. The van der Waals surface area contributed by atoms with Gasteiger partial charge in [0.05, 0.1) is 11.5 Å². The van der Waals surface area contributed by atoms with Crippen LogP contribution < -0.4 is 5.11 Å². The largest absolute Gasteiger partial charge is 0.545 e. The van der Waals surface area contributed by atoms with Gasteiger partial charge in [-0.3, -0.25) is 0 Å². The molecule has 0 amide bonds. The zero-order valence-corrected chi connectivity index (χ0v) is 15.5. The lowest BCUT2D eigenvalue weighted by Crippen LogP contribution is -2.22. The molecule has 0 saturated heterocycles. The Morgan fingerprint density at radius 2 is 1.78 bits per heavy atom. The van der Waals surface area contributed by atoms with E-state index in [1.807, 2.05) is 44.2 Å². The molecule has 0 spiro atoms. The molecule has 0 bridgehead atoms. The van der Waals surface area contributed by atoms with Crippen LogP contribution in [0.15, 0.2) is 59.0 Å². The van der Waals surface area contributed by atoms with Crippen molar-refractivity contribution in [1.82, 2.24) is 4.98 Å². The van der Waals surface area contributed by atoms with Gasteiger partial charge in [0, 0.05) is 21.5 Å². The van der Waals surface area contributed by atoms with Crippen LogP contribution in [-0.2, 0) is 0 Å². The van der Waals surface area contributed by atoms with Gasteiger partial charge < -0.3 is 14.3 Å². The summed E-state index contributed by atoms with van der Waals surface area (Å²) < 4.78 is 5.92. The Kier molecular flexibility index (Phi) is 4.21. The van der Waals surface area contributed by atoms with Gasteiger partial charge in [0.1, 0.15) is 11.5 Å². The van der Waals surface area contributed by atoms with Crippen molar-refractivity contribution in [3.05, 3.63) is 76.3 Å². The fourth-order valence-corrected chi connectivity index (χ4v) is 3.19. The van der Waals surface area contributed by atoms with Gasteiger partial charge in [0.25, 0.3) is 0 Å². The van der Waals surface area contributed by atoms with Gasteiger partial charge >= 0.3 is 0 Å². The van der Waals surface area contributed by atoms with Gasteiger partial charge in [0.15, 0.2) is 5.76 Å². The minimum absolute atomic E-state index is 0.0926. The summed E-state index contributed by atoms with van der Waals surface area (Å²) in [7, 11) is 0. The minimum Gasteiger partial charge on any atom is -0.545 e. The fraction of sp³-hybridized carbons (Fsp3) is 0.0909. The van der Waals surface area contributed by atoms with Crippen LogP contribution in [0.4, 0.5) is 0 Å². The minimum atomic E-state index is -1.24. The van der Waals surface area contributed by atoms with E-state index in [1.165, 1.54) is 6.07 Å². The molecule has 4 rings (SSSR count). The third kappa shape index (κ3) is 3.20. The molecule has 4 aromatic rings. The summed E-state index contributed by atoms with van der Waals surface area (Å²) in [5, 5.41) is 12.8. The summed E-state index contributed by atoms with van der Waals surface area (Å²) in [4.78, 5) is 16.2. The number of aromatic carboxylic acids is 1. The van der Waals surface area contributed by atoms with Crippen molar-refractivity contribution in [2.24, 2.45) is 0 Å². The van der Waals surface area contributed by atoms with Crippen LogP contribution in [0.2, 0.25) is 5.02 Å². The summed E-state index contributed by atoms with van der Waals surface area (Å²) in [5.41, 5.74) is 3.89. The Labute approximate surface area is 161 Å². The van der Waals surface area contributed by atoms with Crippen molar-refractivity contribution in [2.45, 2.75) is 13.8 Å². The Morgan fingerprint density at radius 1 is 1.00 bits per heavy atom. The molecule has 0 radical (unpaired) electrons. The van der Waals surface area contributed by atoms with Crippen LogP contribution in [0.25, 0.3) is 33.7 Å². The number of carboxylic acids is 1. The predicted octanol–water partition coefficient (Wildman–Crippen LogP) is 4.80. The number of carbonyl (C=O) groups is 1. The highest BCUT2D eigenvalue weighted by atomic mass is 35.5. The molecule has 4 nitrogen and oxygen atoms in total. The molecule has 5 heteroatoms. The maximum absolute atomic E-state index is 11.6. The third-order valence-corrected chi connectivity index (χ3v) is 4.91. The van der Waals surface area contributed by atoms with Crippen molar-refractivity contribution in [3.63, 3.8) is 0 Å². The molecule has 0 aliphatic carbocycles. The van der Waals surface area contributed by atoms with E-state index in [2.05, 4.69) is 4.98 Å². The lowest BCUT2D eigenvalue weighted by Gasteiger charge is -2.10. The SMILES string of the molecule is Cc1ccc2nc(-c3ccc(-c4ccc(C)c(Cl)c4)o3)cc(C(=O)[O-])c2c1. The molecular weight excluding hydrogens is 362 g/mol. The van der Waals surface area contributed by atoms with Crippen molar-refractivity contribution in [1.29, 1.82) is 0 Å². The zero-order valence-electron chi connectivity index (χ0n) is 14.7. The maximum atomic E-state index is 11.6. The van der Waals surface area contributed by atoms with E-state index in [4.69, 9.17) is 16.0 Å². The third-order valence-electron chi connectivity index (χ3n) is 4.50. The summed E-state index contributed by atoms with van der Waals surface area (Å²) >= 11 is 6.20. The number of hydrogen-bond donors (Lipinski definition) is 0. The standard InChI is InChI=1S/C22H16ClNO3/c1-12-3-6-18-15(9-12)16(22(25)26)11-19(24-18)21-8-7-20(27-21)14-5-4-13(2)17(23)10-14/h3-11H,1-2H3,(H,25,26)/p-1. The highest BCUT2D eigenvalue weighted by Gasteiger charge is 2.13. The van der Waals surface area contributed by atoms with Gasteiger partial charge in [0.2, 0.25) is 0 Å². The lowest BCUT2D eigenvalue weighted by atomic mass is 10.0. The first kappa shape index (κ1) is 17.3. The Morgan fingerprint density at radius 3 is 2.52 bits per heavy atom. The number of halogens is 1. The molecule has 0 saturated carbocycles. The molecular formula is C22H15ClNO3-. The summed E-state index contributed by atoms with van der Waals surface area (Å²) in [5.74, 6) is -0.134. The number of nitrogens with zero attached hydrogens (tertiary/aromatic N) is 1. The van der Waals surface area contributed by atoms with Crippen molar-refractivity contribution >= 4 is 28.5 Å². The number of benzene rings is 2. The zero-order chi connectivity index (χ0) is 19.1. The highest BCUT2D eigenvalue weighted by Crippen LogP contribution is 2.32. The van der Waals surface area contributed by atoms with E-state index in [9.17, 15) is 9.90 Å². The van der Waals surface area contributed by atoms with Gasteiger partial charge in [-0.1, -0.05) is 35.4 Å². The summed E-state index contributed by atoms with van der Waals surface area (Å²) in [6.45, 7) is 3.83. The van der Waals surface area contributed by atoms with Crippen molar-refractivity contribution < 1.29 is 14.3 Å². The van der Waals surface area contributed by atoms with Crippen molar-refractivity contribution in [2.75, 3.05) is 0 Å². The normalized spacial score (nSPS) is 11.1. The van der Waals surface area contributed by atoms with Gasteiger partial charge in [-0.15, -0.1) is 0 Å². The molecule has 0 aliphatic rings. The molecule has 0 fully saturated rings. The Hall–Kier alpha value is -3.11. The van der Waals surface area contributed by atoms with Crippen LogP contribution in [0.1, 0.15) is 21.5 Å². The average Bonchev–Trinajstić information content (AvgIpc) is 3.13. The molecule has 0 aliphatic heterocycles.